The molecule has 27 heavy (non-hydrogen) atoms. The van der Waals surface area contributed by atoms with Crippen LogP contribution in [0.15, 0.2) is 30.3 Å². The monoisotopic (exact) mass is 413 g/mol. The molecular weight excluding hydrogens is 402 g/mol. The molecule has 0 saturated carbocycles. The number of aryl methyl sites for hydroxylation is 2. The molecule has 0 bridgehead atoms. The molecule has 0 unspecified atom stereocenters. The number of carbonyl (C=O) groups is 2. The lowest BCUT2D eigenvalue weighted by atomic mass is 10.0. The van der Waals surface area contributed by atoms with Gasteiger partial charge in [0.15, 0.2) is 6.29 Å². The van der Waals surface area contributed by atoms with Crippen LogP contribution < -0.4 is 0 Å². The molecule has 0 saturated heterocycles. The first-order chi connectivity index (χ1) is 12.6. The van der Waals surface area contributed by atoms with E-state index in [1.807, 2.05) is 0 Å². The highest BCUT2D eigenvalue weighted by Crippen LogP contribution is 2.35. The number of hydrogen-bond donors (Lipinski definition) is 0. The molecule has 3 rings (SSSR count). The number of fused-ring (bicyclic) bond motifs is 1. The quantitative estimate of drug-likeness (QED) is 0.398. The predicted octanol–water partition coefficient (Wildman–Crippen LogP) is 5.86. The average Bonchev–Trinajstić information content (AvgIpc) is 2.92. The molecule has 0 amide bonds. The van der Waals surface area contributed by atoms with E-state index in [0.29, 0.717) is 17.2 Å². The second-order valence-corrected chi connectivity index (χ2v) is 6.87. The Labute approximate surface area is 162 Å². The van der Waals surface area contributed by atoms with Crippen LogP contribution in [0, 0.1) is 6.92 Å². The number of halogens is 5. The number of aromatic nitrogens is 1. The standard InChI is InChI=1S/C19H12Cl2F3NO2/c1-9-5-11(19(22,23)24)6-14-12(9)7-15(25(14)2)18(27)16-13(20)4-3-10(8-26)17(16)21/h3-8H,1-2H3. The second kappa shape index (κ2) is 6.69. The zero-order valence-corrected chi connectivity index (χ0v) is 15.6. The largest absolute Gasteiger partial charge is 0.416 e. The van der Waals surface area contributed by atoms with Crippen molar-refractivity contribution in [2.75, 3.05) is 0 Å². The third kappa shape index (κ3) is 3.24. The van der Waals surface area contributed by atoms with Gasteiger partial charge in [-0.25, -0.2) is 0 Å². The predicted molar refractivity (Wildman–Crippen MR) is 97.9 cm³/mol. The molecule has 1 aromatic heterocycles. The van der Waals surface area contributed by atoms with Crippen molar-refractivity contribution in [3.05, 3.63) is 68.3 Å². The van der Waals surface area contributed by atoms with Gasteiger partial charge in [-0.1, -0.05) is 23.2 Å². The lowest BCUT2D eigenvalue weighted by Gasteiger charge is -2.10. The zero-order chi connectivity index (χ0) is 20.1. The van der Waals surface area contributed by atoms with Crippen molar-refractivity contribution >= 4 is 46.2 Å². The van der Waals surface area contributed by atoms with Gasteiger partial charge < -0.3 is 4.57 Å². The number of aldehydes is 1. The number of rotatable bonds is 3. The van der Waals surface area contributed by atoms with E-state index in [1.54, 1.807) is 6.92 Å². The van der Waals surface area contributed by atoms with Gasteiger partial charge in [-0.05, 0) is 42.8 Å². The van der Waals surface area contributed by atoms with E-state index >= 15 is 0 Å². The van der Waals surface area contributed by atoms with Gasteiger partial charge >= 0.3 is 6.18 Å². The van der Waals surface area contributed by atoms with E-state index in [9.17, 15) is 22.8 Å². The van der Waals surface area contributed by atoms with Gasteiger partial charge in [0.25, 0.3) is 0 Å². The summed E-state index contributed by atoms with van der Waals surface area (Å²) in [6, 6.07) is 6.27. The summed E-state index contributed by atoms with van der Waals surface area (Å²) < 4.78 is 40.7. The molecule has 3 aromatic rings. The Bertz CT molecular complexity index is 1100. The highest BCUT2D eigenvalue weighted by molar-refractivity contribution is 6.42. The fourth-order valence-corrected chi connectivity index (χ4v) is 3.57. The van der Waals surface area contributed by atoms with Gasteiger partial charge in [-0.2, -0.15) is 13.2 Å². The third-order valence-corrected chi connectivity index (χ3v) is 5.13. The lowest BCUT2D eigenvalue weighted by Crippen LogP contribution is -2.10. The number of nitrogens with zero attached hydrogens (tertiary/aromatic N) is 1. The van der Waals surface area contributed by atoms with Crippen molar-refractivity contribution in [3.8, 4) is 0 Å². The number of alkyl halides is 3. The fraction of sp³-hybridized carbons (Fsp3) is 0.158. The van der Waals surface area contributed by atoms with Crippen molar-refractivity contribution in [2.24, 2.45) is 7.05 Å². The maximum atomic E-state index is 13.1. The Morgan fingerprint density at radius 2 is 1.81 bits per heavy atom. The number of carbonyl (C=O) groups excluding carboxylic acids is 2. The van der Waals surface area contributed by atoms with E-state index in [1.165, 1.54) is 29.8 Å². The van der Waals surface area contributed by atoms with E-state index < -0.39 is 17.5 Å². The summed E-state index contributed by atoms with van der Waals surface area (Å²) >= 11 is 12.2. The van der Waals surface area contributed by atoms with Crippen LogP contribution in [0.5, 0.6) is 0 Å². The Morgan fingerprint density at radius 1 is 1.15 bits per heavy atom. The van der Waals surface area contributed by atoms with Crippen molar-refractivity contribution in [1.82, 2.24) is 4.57 Å². The van der Waals surface area contributed by atoms with Gasteiger partial charge in [-0.15, -0.1) is 0 Å². The molecule has 0 aliphatic heterocycles. The van der Waals surface area contributed by atoms with Crippen LogP contribution >= 0.6 is 23.2 Å². The van der Waals surface area contributed by atoms with Crippen LogP contribution in [0.2, 0.25) is 10.0 Å². The average molecular weight is 414 g/mol. The summed E-state index contributed by atoms with van der Waals surface area (Å²) in [6.45, 7) is 1.54. The normalized spacial score (nSPS) is 11.8. The smallest absolute Gasteiger partial charge is 0.341 e. The molecule has 0 spiro atoms. The highest BCUT2D eigenvalue weighted by atomic mass is 35.5. The van der Waals surface area contributed by atoms with Gasteiger partial charge in [0.05, 0.1) is 26.9 Å². The van der Waals surface area contributed by atoms with Crippen LogP contribution in [0.25, 0.3) is 10.9 Å². The Morgan fingerprint density at radius 3 is 2.41 bits per heavy atom. The SMILES string of the molecule is Cc1cc(C(F)(F)F)cc2c1cc(C(=O)c1c(Cl)ccc(C=O)c1Cl)n2C. The first-order valence-corrected chi connectivity index (χ1v) is 8.47. The highest BCUT2D eigenvalue weighted by Gasteiger charge is 2.32. The zero-order valence-electron chi connectivity index (χ0n) is 14.1. The minimum Gasteiger partial charge on any atom is -0.341 e. The van der Waals surface area contributed by atoms with Gasteiger partial charge in [0.2, 0.25) is 5.78 Å². The summed E-state index contributed by atoms with van der Waals surface area (Å²) in [4.78, 5) is 24.1. The van der Waals surface area contributed by atoms with Gasteiger partial charge in [0.1, 0.15) is 0 Å². The van der Waals surface area contributed by atoms with Gasteiger partial charge in [0, 0.05) is 23.5 Å². The molecule has 0 fully saturated rings. The minimum atomic E-state index is -4.50. The maximum absolute atomic E-state index is 13.1. The Kier molecular flexibility index (Phi) is 4.82. The first-order valence-electron chi connectivity index (χ1n) is 7.71. The Hall–Kier alpha value is -2.31. The van der Waals surface area contributed by atoms with E-state index in [4.69, 9.17) is 23.2 Å². The summed E-state index contributed by atoms with van der Waals surface area (Å²) in [5, 5.41) is 0.460. The van der Waals surface area contributed by atoms with Crippen molar-refractivity contribution in [2.45, 2.75) is 13.1 Å². The Balaban J connectivity index is 2.25. The van der Waals surface area contributed by atoms with Crippen molar-refractivity contribution < 1.29 is 22.8 Å². The fourth-order valence-electron chi connectivity index (χ4n) is 2.99. The third-order valence-electron chi connectivity index (χ3n) is 4.40. The van der Waals surface area contributed by atoms with Crippen LogP contribution in [-0.2, 0) is 13.2 Å². The van der Waals surface area contributed by atoms with Crippen LogP contribution in [0.3, 0.4) is 0 Å². The molecule has 0 aliphatic rings. The number of benzene rings is 2. The molecule has 140 valence electrons. The minimum absolute atomic E-state index is 0.0496. The van der Waals surface area contributed by atoms with Crippen LogP contribution in [-0.4, -0.2) is 16.6 Å². The maximum Gasteiger partial charge on any atom is 0.416 e. The first kappa shape index (κ1) is 19.5. The van der Waals surface area contributed by atoms with E-state index in [2.05, 4.69) is 0 Å². The van der Waals surface area contributed by atoms with Crippen molar-refractivity contribution in [1.29, 1.82) is 0 Å². The molecule has 1 heterocycles. The van der Waals surface area contributed by atoms with E-state index in [-0.39, 0.29) is 32.4 Å². The second-order valence-electron chi connectivity index (χ2n) is 6.08. The van der Waals surface area contributed by atoms with Crippen molar-refractivity contribution in [3.63, 3.8) is 0 Å². The summed E-state index contributed by atoms with van der Waals surface area (Å²) in [5.41, 5.74) is -0.0231. The molecule has 0 N–H and O–H groups in total. The molecule has 2 aromatic carbocycles. The summed E-state index contributed by atoms with van der Waals surface area (Å²) in [7, 11) is 1.49. The molecule has 0 aliphatic carbocycles. The molecule has 3 nitrogen and oxygen atoms in total. The lowest BCUT2D eigenvalue weighted by molar-refractivity contribution is -0.137. The van der Waals surface area contributed by atoms with Crippen LogP contribution in [0.4, 0.5) is 13.2 Å². The van der Waals surface area contributed by atoms with E-state index in [0.717, 1.165) is 12.1 Å². The molecular formula is C19H12Cl2F3NO2. The summed E-state index contributed by atoms with van der Waals surface area (Å²) in [5.74, 6) is -0.583. The molecule has 0 radical (unpaired) electrons. The molecule has 0 atom stereocenters. The molecule has 8 heteroatoms. The summed E-state index contributed by atoms with van der Waals surface area (Å²) in [6.07, 6.45) is -4.00. The van der Waals surface area contributed by atoms with Crippen LogP contribution in [0.1, 0.15) is 37.5 Å². The number of hydrogen-bond acceptors (Lipinski definition) is 2. The number of ketones is 1. The van der Waals surface area contributed by atoms with Gasteiger partial charge in [-0.3, -0.25) is 9.59 Å². The topological polar surface area (TPSA) is 39.1 Å².